The molecular weight excluding hydrogens is 406 g/mol. The number of methoxy groups -OCH3 is 1. The summed E-state index contributed by atoms with van der Waals surface area (Å²) in [6.45, 7) is 4.50. The van der Waals surface area contributed by atoms with E-state index in [9.17, 15) is 20.0 Å². The average Bonchev–Trinajstić information content (AvgIpc) is 2.73. The van der Waals surface area contributed by atoms with Crippen molar-refractivity contribution in [1.82, 2.24) is 9.80 Å². The van der Waals surface area contributed by atoms with Gasteiger partial charge in [0.25, 0.3) is 5.69 Å². The second-order valence-electron chi connectivity index (χ2n) is 7.98. The van der Waals surface area contributed by atoms with Gasteiger partial charge in [0, 0.05) is 45.3 Å². The van der Waals surface area contributed by atoms with Gasteiger partial charge < -0.3 is 24.2 Å². The Kier molecular flexibility index (Phi) is 9.17. The predicted octanol–water partition coefficient (Wildman–Crippen LogP) is 2.56. The van der Waals surface area contributed by atoms with Gasteiger partial charge in [0.1, 0.15) is 12.7 Å². The molecule has 1 N–H and O–H groups in total. The summed E-state index contributed by atoms with van der Waals surface area (Å²) >= 11 is 0. The standard InChI is InChI=1S/C21H33N3O7/c1-14-12-18(13-19(25)31-14)22(3)10-11-30-21(26)23(4)15(2)20(29-5)16-6-8-17(9-7-16)24(27)28/h6-9,14-15,18-20,25H,10-13H2,1-5H3. The van der Waals surface area contributed by atoms with Gasteiger partial charge in [0.2, 0.25) is 0 Å². The zero-order chi connectivity index (χ0) is 23.1. The number of aliphatic hydroxyl groups is 1. The summed E-state index contributed by atoms with van der Waals surface area (Å²) in [7, 11) is 5.09. The first-order valence-corrected chi connectivity index (χ1v) is 10.3. The maximum absolute atomic E-state index is 12.5. The van der Waals surface area contributed by atoms with Gasteiger partial charge in [-0.15, -0.1) is 0 Å². The van der Waals surface area contributed by atoms with Gasteiger partial charge in [-0.1, -0.05) is 0 Å². The molecule has 5 unspecified atom stereocenters. The van der Waals surface area contributed by atoms with Crippen molar-refractivity contribution in [1.29, 1.82) is 0 Å². The molecule has 1 saturated heterocycles. The van der Waals surface area contributed by atoms with Crippen LogP contribution in [0.25, 0.3) is 0 Å². The maximum Gasteiger partial charge on any atom is 0.409 e. The molecule has 1 fully saturated rings. The first kappa shape index (κ1) is 25.0. The van der Waals surface area contributed by atoms with Crippen LogP contribution in [-0.2, 0) is 14.2 Å². The lowest BCUT2D eigenvalue weighted by molar-refractivity contribution is -0.384. The van der Waals surface area contributed by atoms with Crippen molar-refractivity contribution < 1.29 is 29.0 Å². The number of hydrogen-bond acceptors (Lipinski definition) is 8. The van der Waals surface area contributed by atoms with Crippen LogP contribution in [0.3, 0.4) is 0 Å². The van der Waals surface area contributed by atoms with E-state index < -0.39 is 23.4 Å². The fourth-order valence-electron chi connectivity index (χ4n) is 3.78. The lowest BCUT2D eigenvalue weighted by Gasteiger charge is -2.36. The van der Waals surface area contributed by atoms with E-state index in [4.69, 9.17) is 14.2 Å². The number of benzene rings is 1. The minimum Gasteiger partial charge on any atom is -0.448 e. The summed E-state index contributed by atoms with van der Waals surface area (Å²) in [5.41, 5.74) is 0.724. The number of likely N-dealkylation sites (N-methyl/N-ethyl adjacent to an activating group) is 2. The molecule has 1 aliphatic heterocycles. The molecule has 1 aromatic rings. The Morgan fingerprint density at radius 3 is 2.52 bits per heavy atom. The molecular formula is C21H33N3O7. The molecule has 1 aromatic carbocycles. The Morgan fingerprint density at radius 2 is 1.97 bits per heavy atom. The maximum atomic E-state index is 12.5. The van der Waals surface area contributed by atoms with Crippen LogP contribution in [0.1, 0.15) is 38.4 Å². The number of rotatable bonds is 9. The van der Waals surface area contributed by atoms with E-state index in [2.05, 4.69) is 4.90 Å². The summed E-state index contributed by atoms with van der Waals surface area (Å²) in [6, 6.07) is 5.88. The summed E-state index contributed by atoms with van der Waals surface area (Å²) in [5, 5.41) is 20.6. The number of amides is 1. The Morgan fingerprint density at radius 1 is 1.32 bits per heavy atom. The third kappa shape index (κ3) is 6.86. The number of nitrogens with zero attached hydrogens (tertiary/aromatic N) is 3. The van der Waals surface area contributed by atoms with Crippen molar-refractivity contribution in [3.05, 3.63) is 39.9 Å². The van der Waals surface area contributed by atoms with Crippen molar-refractivity contribution in [3.8, 4) is 0 Å². The predicted molar refractivity (Wildman–Crippen MR) is 114 cm³/mol. The SMILES string of the molecule is COC(c1ccc([N+](=O)[O-])cc1)C(C)N(C)C(=O)OCCN(C)C1CC(C)OC(O)C1. The molecule has 0 radical (unpaired) electrons. The van der Waals surface area contributed by atoms with Crippen LogP contribution in [0.4, 0.5) is 10.5 Å². The van der Waals surface area contributed by atoms with Crippen molar-refractivity contribution in [3.63, 3.8) is 0 Å². The smallest absolute Gasteiger partial charge is 0.409 e. The molecule has 1 amide bonds. The van der Waals surface area contributed by atoms with E-state index in [1.807, 2.05) is 20.9 Å². The third-order valence-electron chi connectivity index (χ3n) is 5.78. The topological polar surface area (TPSA) is 115 Å². The van der Waals surface area contributed by atoms with Crippen LogP contribution < -0.4 is 0 Å². The van der Waals surface area contributed by atoms with Crippen LogP contribution in [0.15, 0.2) is 24.3 Å². The molecule has 5 atom stereocenters. The molecule has 0 aliphatic carbocycles. The Bertz CT molecular complexity index is 720. The quantitative estimate of drug-likeness (QED) is 0.461. The van der Waals surface area contributed by atoms with Gasteiger partial charge >= 0.3 is 6.09 Å². The Hall–Kier alpha value is -2.27. The van der Waals surface area contributed by atoms with Gasteiger partial charge in [0.15, 0.2) is 6.29 Å². The lowest BCUT2D eigenvalue weighted by Crippen LogP contribution is -2.45. The van der Waals surface area contributed by atoms with Crippen molar-refractivity contribution in [2.24, 2.45) is 0 Å². The minimum atomic E-state index is -0.767. The second kappa shape index (κ2) is 11.4. The number of hydrogen-bond donors (Lipinski definition) is 1. The van der Waals surface area contributed by atoms with Gasteiger partial charge in [-0.2, -0.15) is 0 Å². The number of aliphatic hydroxyl groups excluding tert-OH is 1. The Labute approximate surface area is 182 Å². The van der Waals surface area contributed by atoms with Crippen LogP contribution in [0.5, 0.6) is 0 Å². The van der Waals surface area contributed by atoms with Crippen molar-refractivity contribution in [2.75, 3.05) is 34.4 Å². The minimum absolute atomic E-state index is 0.00502. The normalized spacial score (nSPS) is 23.3. The molecule has 2 rings (SSSR count). The van der Waals surface area contributed by atoms with E-state index in [1.165, 1.54) is 24.1 Å². The first-order valence-electron chi connectivity index (χ1n) is 10.3. The molecule has 31 heavy (non-hydrogen) atoms. The number of carbonyl (C=O) groups is 1. The fraction of sp³-hybridized carbons (Fsp3) is 0.667. The van der Waals surface area contributed by atoms with E-state index in [1.54, 1.807) is 19.2 Å². The van der Waals surface area contributed by atoms with E-state index >= 15 is 0 Å². The highest BCUT2D eigenvalue weighted by Crippen LogP contribution is 2.26. The van der Waals surface area contributed by atoms with Crippen LogP contribution >= 0.6 is 0 Å². The lowest BCUT2D eigenvalue weighted by atomic mass is 10.0. The van der Waals surface area contributed by atoms with Crippen molar-refractivity contribution in [2.45, 2.75) is 57.3 Å². The van der Waals surface area contributed by atoms with Gasteiger partial charge in [-0.25, -0.2) is 4.79 Å². The van der Waals surface area contributed by atoms with Crippen LogP contribution in [0, 0.1) is 10.1 Å². The molecule has 174 valence electrons. The van der Waals surface area contributed by atoms with Gasteiger partial charge in [-0.05, 0) is 45.0 Å². The van der Waals surface area contributed by atoms with E-state index in [0.717, 1.165) is 12.0 Å². The monoisotopic (exact) mass is 439 g/mol. The molecule has 0 spiro atoms. The summed E-state index contributed by atoms with van der Waals surface area (Å²) in [6.07, 6.45) is -0.400. The van der Waals surface area contributed by atoms with Crippen molar-refractivity contribution >= 4 is 11.8 Å². The molecule has 10 heteroatoms. The molecule has 0 saturated carbocycles. The molecule has 0 bridgehead atoms. The van der Waals surface area contributed by atoms with E-state index in [0.29, 0.717) is 13.0 Å². The fourth-order valence-corrected chi connectivity index (χ4v) is 3.78. The third-order valence-corrected chi connectivity index (χ3v) is 5.78. The zero-order valence-corrected chi connectivity index (χ0v) is 18.8. The zero-order valence-electron chi connectivity index (χ0n) is 18.8. The van der Waals surface area contributed by atoms with Gasteiger partial charge in [-0.3, -0.25) is 15.0 Å². The number of carbonyl (C=O) groups excluding carboxylic acids is 1. The Balaban J connectivity index is 1.87. The van der Waals surface area contributed by atoms with Crippen LogP contribution in [0.2, 0.25) is 0 Å². The number of ether oxygens (including phenoxy) is 3. The summed E-state index contributed by atoms with van der Waals surface area (Å²) < 4.78 is 16.3. The van der Waals surface area contributed by atoms with Crippen LogP contribution in [-0.4, -0.2) is 84.8 Å². The largest absolute Gasteiger partial charge is 0.448 e. The average molecular weight is 440 g/mol. The van der Waals surface area contributed by atoms with Gasteiger partial charge in [0.05, 0.1) is 17.1 Å². The molecule has 1 aliphatic rings. The highest BCUT2D eigenvalue weighted by molar-refractivity contribution is 5.67. The highest BCUT2D eigenvalue weighted by Gasteiger charge is 2.29. The van der Waals surface area contributed by atoms with E-state index in [-0.39, 0.29) is 30.5 Å². The highest BCUT2D eigenvalue weighted by atomic mass is 16.6. The molecule has 1 heterocycles. The number of nitro groups is 1. The number of non-ortho nitro benzene ring substituents is 1. The number of nitro benzene ring substituents is 1. The molecule has 0 aromatic heterocycles. The molecule has 10 nitrogen and oxygen atoms in total. The first-order chi connectivity index (χ1) is 14.6. The summed E-state index contributed by atoms with van der Waals surface area (Å²) in [5.74, 6) is 0. The summed E-state index contributed by atoms with van der Waals surface area (Å²) in [4.78, 5) is 26.4. The second-order valence-corrected chi connectivity index (χ2v) is 7.98.